The molecule has 3 aromatic rings. The average molecular weight is 380 g/mol. The summed E-state index contributed by atoms with van der Waals surface area (Å²) in [4.78, 5) is 18.4. The number of carbonyl (C=O) groups is 1. The van der Waals surface area contributed by atoms with Crippen LogP contribution in [0.4, 0.5) is 5.13 Å². The maximum atomic E-state index is 11.2. The molecule has 0 unspecified atom stereocenters. The number of fused-ring (bicyclic) bond motifs is 1. The van der Waals surface area contributed by atoms with Crippen molar-refractivity contribution >= 4 is 38.7 Å². The molecular formula is C20H20N4O2S. The van der Waals surface area contributed by atoms with E-state index in [1.807, 2.05) is 13.0 Å². The third-order valence-corrected chi connectivity index (χ3v) is 5.73. The van der Waals surface area contributed by atoms with Gasteiger partial charge in [0.25, 0.3) is 0 Å². The largest absolute Gasteiger partial charge is 0.476 e. The molecule has 4 rings (SSSR count). The molecule has 0 bridgehead atoms. The lowest BCUT2D eigenvalue weighted by Crippen LogP contribution is -2.26. The van der Waals surface area contributed by atoms with Crippen molar-refractivity contribution < 1.29 is 9.90 Å². The molecule has 7 heteroatoms. The number of benzene rings is 1. The number of thiazole rings is 1. The van der Waals surface area contributed by atoms with Crippen LogP contribution in [-0.2, 0) is 6.54 Å². The second-order valence-electron chi connectivity index (χ2n) is 6.57. The molecule has 27 heavy (non-hydrogen) atoms. The summed E-state index contributed by atoms with van der Waals surface area (Å²) in [5.74, 6) is -1.02. The van der Waals surface area contributed by atoms with Crippen LogP contribution in [0.5, 0.6) is 0 Å². The van der Waals surface area contributed by atoms with Crippen LogP contribution in [0, 0.1) is 6.92 Å². The van der Waals surface area contributed by atoms with Crippen molar-refractivity contribution in [2.45, 2.75) is 19.9 Å². The molecule has 0 amide bonds. The fourth-order valence-electron chi connectivity index (χ4n) is 3.24. The van der Waals surface area contributed by atoms with E-state index in [1.54, 1.807) is 22.1 Å². The minimum atomic E-state index is -1.02. The van der Waals surface area contributed by atoms with E-state index in [9.17, 15) is 9.90 Å². The summed E-state index contributed by atoms with van der Waals surface area (Å²) in [7, 11) is 0. The number of carboxylic acid groups (broad SMARTS) is 1. The summed E-state index contributed by atoms with van der Waals surface area (Å²) in [6.07, 6.45) is 7.23. The van der Waals surface area contributed by atoms with Gasteiger partial charge in [0.15, 0.2) is 10.8 Å². The first-order valence-corrected chi connectivity index (χ1v) is 9.60. The monoisotopic (exact) mass is 380 g/mol. The van der Waals surface area contributed by atoms with Gasteiger partial charge in [0, 0.05) is 24.3 Å². The number of rotatable bonds is 5. The number of carboxylic acids is 1. The van der Waals surface area contributed by atoms with Crippen molar-refractivity contribution in [3.8, 4) is 0 Å². The Balaban J connectivity index is 1.76. The third kappa shape index (κ3) is 3.38. The van der Waals surface area contributed by atoms with Gasteiger partial charge in [-0.1, -0.05) is 36.1 Å². The zero-order valence-corrected chi connectivity index (χ0v) is 15.9. The van der Waals surface area contributed by atoms with Crippen molar-refractivity contribution in [2.75, 3.05) is 18.0 Å². The number of aromatic nitrogens is 3. The second kappa shape index (κ2) is 7.00. The van der Waals surface area contributed by atoms with Crippen LogP contribution < -0.4 is 4.90 Å². The Morgan fingerprint density at radius 1 is 1.37 bits per heavy atom. The van der Waals surface area contributed by atoms with E-state index in [-0.39, 0.29) is 5.69 Å². The minimum Gasteiger partial charge on any atom is -0.476 e. The summed E-state index contributed by atoms with van der Waals surface area (Å²) in [6, 6.07) is 5.74. The Morgan fingerprint density at radius 3 is 2.89 bits per heavy atom. The highest BCUT2D eigenvalue weighted by Gasteiger charge is 2.17. The molecule has 1 aromatic carbocycles. The maximum absolute atomic E-state index is 11.2. The highest BCUT2D eigenvalue weighted by Crippen LogP contribution is 2.33. The van der Waals surface area contributed by atoms with Crippen molar-refractivity contribution in [3.05, 3.63) is 59.4 Å². The van der Waals surface area contributed by atoms with Crippen molar-refractivity contribution in [1.82, 2.24) is 14.8 Å². The molecule has 0 aliphatic carbocycles. The zero-order chi connectivity index (χ0) is 19.0. The molecule has 1 N–H and O–H groups in total. The molecular weight excluding hydrogens is 360 g/mol. The first-order chi connectivity index (χ1) is 13.0. The fourth-order valence-corrected chi connectivity index (χ4v) is 4.33. The predicted molar refractivity (Wildman–Crippen MR) is 109 cm³/mol. The third-order valence-electron chi connectivity index (χ3n) is 4.67. The van der Waals surface area contributed by atoms with Gasteiger partial charge in [-0.15, -0.1) is 0 Å². The van der Waals surface area contributed by atoms with E-state index in [0.29, 0.717) is 6.54 Å². The molecule has 0 saturated carbocycles. The van der Waals surface area contributed by atoms with Crippen LogP contribution in [0.1, 0.15) is 33.7 Å². The molecule has 0 atom stereocenters. The zero-order valence-electron chi connectivity index (χ0n) is 15.1. The van der Waals surface area contributed by atoms with Crippen LogP contribution >= 0.6 is 11.3 Å². The summed E-state index contributed by atoms with van der Waals surface area (Å²) >= 11 is 1.68. The van der Waals surface area contributed by atoms with Crippen molar-refractivity contribution in [2.24, 2.45) is 0 Å². The number of aryl methyl sites for hydroxylation is 1. The average Bonchev–Trinajstić information content (AvgIpc) is 3.26. The maximum Gasteiger partial charge on any atom is 0.356 e. The topological polar surface area (TPSA) is 71.2 Å². The number of hydrogen-bond acceptors (Lipinski definition) is 5. The van der Waals surface area contributed by atoms with Gasteiger partial charge in [0.1, 0.15) is 0 Å². The van der Waals surface area contributed by atoms with Crippen molar-refractivity contribution in [3.63, 3.8) is 0 Å². The molecule has 2 aromatic heterocycles. The summed E-state index contributed by atoms with van der Waals surface area (Å²) in [5, 5.41) is 14.4. The van der Waals surface area contributed by atoms with Crippen LogP contribution in [-0.4, -0.2) is 38.9 Å². The number of nitrogens with zero attached hydrogens (tertiary/aromatic N) is 4. The number of aromatic carboxylic acids is 1. The lowest BCUT2D eigenvalue weighted by Gasteiger charge is -2.22. The SMILES string of the molecule is C=Cc1cc(Cn2nc(C(=O)O)cc2C)c2nc(N3CC=CCC3)sc2c1. The molecule has 6 nitrogen and oxygen atoms in total. The highest BCUT2D eigenvalue weighted by atomic mass is 32.1. The summed E-state index contributed by atoms with van der Waals surface area (Å²) < 4.78 is 2.82. The van der Waals surface area contributed by atoms with E-state index >= 15 is 0 Å². The second-order valence-corrected chi connectivity index (χ2v) is 7.58. The predicted octanol–water partition coefficient (Wildman–Crippen LogP) is 3.96. The molecule has 0 spiro atoms. The summed E-state index contributed by atoms with van der Waals surface area (Å²) in [5.41, 5.74) is 3.85. The molecule has 0 saturated heterocycles. The first-order valence-electron chi connectivity index (χ1n) is 8.79. The lowest BCUT2D eigenvalue weighted by molar-refractivity contribution is 0.0689. The van der Waals surface area contributed by atoms with Gasteiger partial charge in [-0.25, -0.2) is 9.78 Å². The first kappa shape index (κ1) is 17.5. The van der Waals surface area contributed by atoms with E-state index in [4.69, 9.17) is 4.98 Å². The lowest BCUT2D eigenvalue weighted by atomic mass is 10.1. The molecule has 0 fully saturated rings. The molecule has 1 aliphatic rings. The van der Waals surface area contributed by atoms with Gasteiger partial charge in [-0.3, -0.25) is 4.68 Å². The Kier molecular flexibility index (Phi) is 4.53. The van der Waals surface area contributed by atoms with Gasteiger partial charge in [0.05, 0.1) is 16.8 Å². The standard InChI is InChI=1S/C20H20N4O2S/c1-3-14-10-15(12-24-13(2)9-16(22-24)19(25)26)18-17(11-14)27-20(21-18)23-7-5-4-6-8-23/h3-5,9-11H,1,6-8,12H2,2H3,(H,25,26). The molecule has 3 heterocycles. The summed E-state index contributed by atoms with van der Waals surface area (Å²) in [6.45, 7) is 8.08. The van der Waals surface area contributed by atoms with Gasteiger partial charge < -0.3 is 10.0 Å². The van der Waals surface area contributed by atoms with Crippen LogP contribution in [0.25, 0.3) is 16.3 Å². The normalized spacial score (nSPS) is 14.0. The molecule has 0 radical (unpaired) electrons. The van der Waals surface area contributed by atoms with Crippen LogP contribution in [0.2, 0.25) is 0 Å². The van der Waals surface area contributed by atoms with E-state index in [1.165, 1.54) is 0 Å². The van der Waals surface area contributed by atoms with E-state index < -0.39 is 5.97 Å². The van der Waals surface area contributed by atoms with Gasteiger partial charge in [-0.2, -0.15) is 5.10 Å². The minimum absolute atomic E-state index is 0.0580. The van der Waals surface area contributed by atoms with Crippen LogP contribution in [0.3, 0.4) is 0 Å². The van der Waals surface area contributed by atoms with E-state index in [2.05, 4.69) is 40.9 Å². The fraction of sp³-hybridized carbons (Fsp3) is 0.250. The van der Waals surface area contributed by atoms with Gasteiger partial charge in [-0.05, 0) is 37.1 Å². The molecule has 138 valence electrons. The smallest absolute Gasteiger partial charge is 0.356 e. The Hall–Kier alpha value is -2.93. The Labute approximate surface area is 161 Å². The molecule has 1 aliphatic heterocycles. The van der Waals surface area contributed by atoms with Gasteiger partial charge in [0.2, 0.25) is 0 Å². The quantitative estimate of drug-likeness (QED) is 0.679. The van der Waals surface area contributed by atoms with Crippen molar-refractivity contribution in [1.29, 1.82) is 0 Å². The Morgan fingerprint density at radius 2 is 2.22 bits per heavy atom. The number of hydrogen-bond donors (Lipinski definition) is 1. The Bertz CT molecular complexity index is 1060. The van der Waals surface area contributed by atoms with E-state index in [0.717, 1.165) is 51.7 Å². The van der Waals surface area contributed by atoms with Gasteiger partial charge >= 0.3 is 5.97 Å². The number of anilines is 1. The van der Waals surface area contributed by atoms with Crippen LogP contribution in [0.15, 0.2) is 36.9 Å². The highest BCUT2D eigenvalue weighted by molar-refractivity contribution is 7.22.